The van der Waals surface area contributed by atoms with E-state index in [2.05, 4.69) is 9.72 Å². The lowest BCUT2D eigenvalue weighted by Gasteiger charge is -2.09. The fourth-order valence-corrected chi connectivity index (χ4v) is 1.76. The lowest BCUT2D eigenvalue weighted by atomic mass is 10.1. The zero-order valence-electron chi connectivity index (χ0n) is 10.8. The summed E-state index contributed by atoms with van der Waals surface area (Å²) in [6, 6.07) is 3.24. The van der Waals surface area contributed by atoms with Crippen molar-refractivity contribution in [2.75, 3.05) is 6.61 Å². The van der Waals surface area contributed by atoms with Crippen molar-refractivity contribution in [1.82, 2.24) is 4.98 Å². The molecular weight excluding hydrogens is 291 g/mol. The number of alkyl halides is 3. The van der Waals surface area contributed by atoms with E-state index in [1.54, 1.807) is 6.92 Å². The number of fused-ring (bicyclic) bond motifs is 1. The highest BCUT2D eigenvalue weighted by atomic mass is 19.4. The second-order valence-electron chi connectivity index (χ2n) is 4.01. The van der Waals surface area contributed by atoms with Gasteiger partial charge in [-0.25, -0.2) is 4.79 Å². The van der Waals surface area contributed by atoms with Gasteiger partial charge in [-0.3, -0.25) is 4.79 Å². The van der Waals surface area contributed by atoms with Gasteiger partial charge in [0.15, 0.2) is 0 Å². The summed E-state index contributed by atoms with van der Waals surface area (Å²) >= 11 is 0. The van der Waals surface area contributed by atoms with Gasteiger partial charge in [-0.15, -0.1) is 13.2 Å². The molecule has 0 fully saturated rings. The molecule has 0 atom stereocenters. The first-order valence-corrected chi connectivity index (χ1v) is 5.90. The van der Waals surface area contributed by atoms with Crippen molar-refractivity contribution in [2.24, 2.45) is 0 Å². The number of hydrogen-bond donors (Lipinski definition) is 1. The van der Waals surface area contributed by atoms with E-state index in [0.29, 0.717) is 0 Å². The first-order chi connectivity index (χ1) is 9.81. The third kappa shape index (κ3) is 3.33. The number of rotatable bonds is 3. The molecule has 0 saturated carbocycles. The molecule has 2 aromatic rings. The number of nitrogens with one attached hydrogen (secondary N) is 1. The number of halogens is 3. The molecule has 0 saturated heterocycles. The first kappa shape index (κ1) is 14.9. The standard InChI is InChI=1S/C13H10F3NO4/c1-2-20-12(19)9-6-17-10-4-3-7(21-13(14,15)16)5-8(10)11(9)18/h3-6H,2H2,1H3,(H,17,18). The highest BCUT2D eigenvalue weighted by Crippen LogP contribution is 2.24. The van der Waals surface area contributed by atoms with Gasteiger partial charge in [0, 0.05) is 11.7 Å². The summed E-state index contributed by atoms with van der Waals surface area (Å²) in [6.07, 6.45) is -3.70. The molecule has 1 heterocycles. The maximum absolute atomic E-state index is 12.2. The second kappa shape index (κ2) is 5.47. The van der Waals surface area contributed by atoms with Crippen LogP contribution in [0.2, 0.25) is 0 Å². The summed E-state index contributed by atoms with van der Waals surface area (Å²) in [5, 5.41) is -0.0951. The number of aromatic amines is 1. The van der Waals surface area contributed by atoms with E-state index >= 15 is 0 Å². The molecule has 0 radical (unpaired) electrons. The van der Waals surface area contributed by atoms with Crippen molar-refractivity contribution in [1.29, 1.82) is 0 Å². The molecule has 5 nitrogen and oxygen atoms in total. The van der Waals surface area contributed by atoms with Gasteiger partial charge in [0.2, 0.25) is 5.43 Å². The maximum Gasteiger partial charge on any atom is 0.573 e. The molecule has 21 heavy (non-hydrogen) atoms. The summed E-state index contributed by atoms with van der Waals surface area (Å²) in [4.78, 5) is 26.3. The van der Waals surface area contributed by atoms with Crippen LogP contribution in [0.3, 0.4) is 0 Å². The molecule has 2 rings (SSSR count). The minimum Gasteiger partial charge on any atom is -0.462 e. The van der Waals surface area contributed by atoms with Gasteiger partial charge < -0.3 is 14.5 Å². The molecule has 1 N–H and O–H groups in total. The van der Waals surface area contributed by atoms with Crippen LogP contribution in [0.25, 0.3) is 10.9 Å². The van der Waals surface area contributed by atoms with Crippen molar-refractivity contribution < 1.29 is 27.4 Å². The zero-order valence-corrected chi connectivity index (χ0v) is 10.8. The fraction of sp³-hybridized carbons (Fsp3) is 0.231. The zero-order chi connectivity index (χ0) is 15.6. The molecule has 1 aromatic carbocycles. The Balaban J connectivity index is 2.52. The molecule has 8 heteroatoms. The number of aromatic nitrogens is 1. The number of ether oxygens (including phenoxy) is 2. The predicted molar refractivity (Wildman–Crippen MR) is 67.2 cm³/mol. The van der Waals surface area contributed by atoms with Crippen LogP contribution in [-0.4, -0.2) is 23.9 Å². The Morgan fingerprint density at radius 2 is 2.05 bits per heavy atom. The van der Waals surface area contributed by atoms with Crippen molar-refractivity contribution in [2.45, 2.75) is 13.3 Å². The van der Waals surface area contributed by atoms with Gasteiger partial charge >= 0.3 is 12.3 Å². The van der Waals surface area contributed by atoms with Gasteiger partial charge in [-0.2, -0.15) is 0 Å². The number of carbonyl (C=O) groups excluding carboxylic acids is 1. The molecular formula is C13H10F3NO4. The normalized spacial score (nSPS) is 11.4. The Bertz CT molecular complexity index is 736. The van der Waals surface area contributed by atoms with E-state index in [4.69, 9.17) is 4.74 Å². The summed E-state index contributed by atoms with van der Waals surface area (Å²) < 4.78 is 44.9. The topological polar surface area (TPSA) is 68.4 Å². The molecule has 0 spiro atoms. The Morgan fingerprint density at radius 1 is 1.33 bits per heavy atom. The Hall–Kier alpha value is -2.51. The van der Waals surface area contributed by atoms with Crippen molar-refractivity contribution >= 4 is 16.9 Å². The highest BCUT2D eigenvalue weighted by Gasteiger charge is 2.31. The minimum atomic E-state index is -4.86. The first-order valence-electron chi connectivity index (χ1n) is 5.90. The van der Waals surface area contributed by atoms with Crippen LogP contribution >= 0.6 is 0 Å². The molecule has 112 valence electrons. The van der Waals surface area contributed by atoms with E-state index in [-0.39, 0.29) is 23.1 Å². The summed E-state index contributed by atoms with van der Waals surface area (Å²) in [5.41, 5.74) is -0.731. The molecule has 0 aliphatic carbocycles. The van der Waals surface area contributed by atoms with Gasteiger partial charge in [0.05, 0.1) is 12.0 Å². The Labute approximate surface area is 116 Å². The molecule has 0 aliphatic rings. The van der Waals surface area contributed by atoms with Crippen LogP contribution in [0.4, 0.5) is 13.2 Å². The lowest BCUT2D eigenvalue weighted by Crippen LogP contribution is -2.19. The fourth-order valence-electron chi connectivity index (χ4n) is 1.76. The molecule has 0 bridgehead atoms. The van der Waals surface area contributed by atoms with Gasteiger partial charge in [-0.05, 0) is 25.1 Å². The largest absolute Gasteiger partial charge is 0.573 e. The summed E-state index contributed by atoms with van der Waals surface area (Å²) in [6.45, 7) is 1.65. The number of H-pyrrole nitrogens is 1. The van der Waals surface area contributed by atoms with E-state index in [9.17, 15) is 22.8 Å². The summed E-state index contributed by atoms with van der Waals surface area (Å²) in [5.74, 6) is -1.38. The van der Waals surface area contributed by atoms with E-state index in [0.717, 1.165) is 18.3 Å². The summed E-state index contributed by atoms with van der Waals surface area (Å²) in [7, 11) is 0. The molecule has 0 aliphatic heterocycles. The number of pyridine rings is 1. The third-order valence-corrected chi connectivity index (χ3v) is 2.58. The lowest BCUT2D eigenvalue weighted by molar-refractivity contribution is -0.274. The van der Waals surface area contributed by atoms with Crippen LogP contribution in [0.1, 0.15) is 17.3 Å². The third-order valence-electron chi connectivity index (χ3n) is 2.58. The van der Waals surface area contributed by atoms with Crippen LogP contribution in [0, 0.1) is 0 Å². The molecule has 0 unspecified atom stereocenters. The van der Waals surface area contributed by atoms with E-state index in [1.165, 1.54) is 6.07 Å². The number of hydrogen-bond acceptors (Lipinski definition) is 4. The van der Waals surface area contributed by atoms with Gasteiger partial charge in [0.1, 0.15) is 11.3 Å². The highest BCUT2D eigenvalue weighted by molar-refractivity contribution is 5.93. The molecule has 0 amide bonds. The van der Waals surface area contributed by atoms with Crippen LogP contribution < -0.4 is 10.2 Å². The van der Waals surface area contributed by atoms with Crippen molar-refractivity contribution in [3.63, 3.8) is 0 Å². The second-order valence-corrected chi connectivity index (χ2v) is 4.01. The average molecular weight is 301 g/mol. The predicted octanol–water partition coefficient (Wildman–Crippen LogP) is 2.60. The minimum absolute atomic E-state index is 0.0769. The van der Waals surface area contributed by atoms with Crippen molar-refractivity contribution in [3.8, 4) is 5.75 Å². The average Bonchev–Trinajstić information content (AvgIpc) is 2.38. The number of carbonyl (C=O) groups is 1. The van der Waals surface area contributed by atoms with E-state index < -0.39 is 23.5 Å². The SMILES string of the molecule is CCOC(=O)c1c[nH]c2ccc(OC(F)(F)F)cc2c1=O. The van der Waals surface area contributed by atoms with Gasteiger partial charge in [-0.1, -0.05) is 0 Å². The van der Waals surface area contributed by atoms with Crippen LogP contribution in [0.15, 0.2) is 29.2 Å². The quantitative estimate of drug-likeness (QED) is 0.885. The van der Waals surface area contributed by atoms with Crippen LogP contribution in [0.5, 0.6) is 5.75 Å². The Morgan fingerprint density at radius 3 is 2.67 bits per heavy atom. The number of benzene rings is 1. The molecule has 1 aromatic heterocycles. The van der Waals surface area contributed by atoms with Gasteiger partial charge in [0.25, 0.3) is 0 Å². The Kier molecular flexibility index (Phi) is 3.88. The van der Waals surface area contributed by atoms with Crippen molar-refractivity contribution in [3.05, 3.63) is 40.2 Å². The smallest absolute Gasteiger partial charge is 0.462 e. The maximum atomic E-state index is 12.2. The number of esters is 1. The van der Waals surface area contributed by atoms with Crippen LogP contribution in [-0.2, 0) is 4.74 Å². The van der Waals surface area contributed by atoms with E-state index in [1.807, 2.05) is 0 Å². The monoisotopic (exact) mass is 301 g/mol.